The number of amides is 1. The highest BCUT2D eigenvalue weighted by atomic mass is 32.2. The summed E-state index contributed by atoms with van der Waals surface area (Å²) in [4.78, 5) is 11.9. The van der Waals surface area contributed by atoms with Crippen LogP contribution in [0.4, 0.5) is 8.78 Å². The van der Waals surface area contributed by atoms with Crippen molar-refractivity contribution < 1.29 is 22.0 Å². The molecule has 11 heteroatoms. The van der Waals surface area contributed by atoms with Crippen LogP contribution in [0, 0.1) is 5.92 Å². The Labute approximate surface area is 139 Å². The first-order chi connectivity index (χ1) is 11.3. The summed E-state index contributed by atoms with van der Waals surface area (Å²) in [7, 11) is -3.86. The molecule has 0 spiro atoms. The lowest BCUT2D eigenvalue weighted by molar-refractivity contribution is -0.126. The minimum absolute atomic E-state index is 0.0543. The summed E-state index contributed by atoms with van der Waals surface area (Å²) < 4.78 is 52.0. The zero-order chi connectivity index (χ0) is 17.7. The molecule has 1 unspecified atom stereocenters. The average molecular weight is 365 g/mol. The van der Waals surface area contributed by atoms with Crippen molar-refractivity contribution in [1.29, 1.82) is 0 Å². The average Bonchev–Trinajstić information content (AvgIpc) is 3.01. The molecule has 2 heterocycles. The highest BCUT2D eigenvalue weighted by Gasteiger charge is 2.34. The van der Waals surface area contributed by atoms with Gasteiger partial charge in [-0.1, -0.05) is 0 Å². The molecule has 1 aliphatic heterocycles. The summed E-state index contributed by atoms with van der Waals surface area (Å²) in [5.74, 6) is -0.676. The molecule has 1 amide bonds. The Kier molecular flexibility index (Phi) is 6.24. The normalized spacial score (nSPS) is 19.6. The minimum atomic E-state index is -3.86. The Morgan fingerprint density at radius 2 is 2.25 bits per heavy atom. The van der Waals surface area contributed by atoms with E-state index in [1.54, 1.807) is 0 Å². The highest BCUT2D eigenvalue weighted by Crippen LogP contribution is 2.23. The first kappa shape index (κ1) is 18.7. The van der Waals surface area contributed by atoms with Crippen LogP contribution in [0.5, 0.6) is 0 Å². The van der Waals surface area contributed by atoms with Gasteiger partial charge in [-0.05, 0) is 12.8 Å². The van der Waals surface area contributed by atoms with E-state index in [2.05, 4.69) is 10.4 Å². The number of alkyl halides is 2. The number of halogens is 2. The van der Waals surface area contributed by atoms with Crippen LogP contribution in [0.15, 0.2) is 17.3 Å². The number of carbonyl (C=O) groups is 1. The number of hydrogen-bond donors (Lipinski definition) is 2. The Balaban J connectivity index is 2.08. The van der Waals surface area contributed by atoms with E-state index < -0.39 is 28.9 Å². The first-order valence-electron chi connectivity index (χ1n) is 7.63. The molecule has 1 fully saturated rings. The molecule has 136 valence electrons. The Morgan fingerprint density at radius 1 is 1.50 bits per heavy atom. The number of piperidine rings is 1. The van der Waals surface area contributed by atoms with E-state index in [0.717, 1.165) is 17.1 Å². The maximum atomic E-state index is 12.6. The molecular formula is C13H21F2N5O3S. The zero-order valence-corrected chi connectivity index (χ0v) is 13.9. The lowest BCUT2D eigenvalue weighted by Crippen LogP contribution is -2.46. The standard InChI is InChI=1S/C13H21F2N5O3S/c14-12(15)9-19-8-11(6-18-19)24(22,23)20-5-1-2-10(7-20)13(21)17-4-3-16/h6,8,10,12H,1-5,7,9,16H2,(H,17,21). The van der Waals surface area contributed by atoms with Gasteiger partial charge in [-0.2, -0.15) is 9.40 Å². The number of rotatable bonds is 7. The molecule has 0 saturated carbocycles. The van der Waals surface area contributed by atoms with E-state index in [0.29, 0.717) is 25.9 Å². The van der Waals surface area contributed by atoms with Crippen LogP contribution in [0.2, 0.25) is 0 Å². The zero-order valence-electron chi connectivity index (χ0n) is 13.1. The van der Waals surface area contributed by atoms with Crippen molar-refractivity contribution in [1.82, 2.24) is 19.4 Å². The second-order valence-electron chi connectivity index (χ2n) is 5.57. The molecule has 1 atom stereocenters. The summed E-state index contributed by atoms with van der Waals surface area (Å²) >= 11 is 0. The number of sulfonamides is 1. The Morgan fingerprint density at radius 3 is 2.92 bits per heavy atom. The fourth-order valence-electron chi connectivity index (χ4n) is 2.58. The van der Waals surface area contributed by atoms with Crippen molar-refractivity contribution in [3.05, 3.63) is 12.4 Å². The minimum Gasteiger partial charge on any atom is -0.355 e. The molecule has 1 aromatic rings. The largest absolute Gasteiger partial charge is 0.355 e. The molecule has 3 N–H and O–H groups in total. The quantitative estimate of drug-likeness (QED) is 0.685. The fraction of sp³-hybridized carbons (Fsp3) is 0.692. The van der Waals surface area contributed by atoms with E-state index in [-0.39, 0.29) is 23.9 Å². The van der Waals surface area contributed by atoms with Gasteiger partial charge >= 0.3 is 0 Å². The van der Waals surface area contributed by atoms with Crippen molar-refractivity contribution in [3.63, 3.8) is 0 Å². The second kappa shape index (κ2) is 7.99. The SMILES string of the molecule is NCCNC(=O)C1CCCN(S(=O)(=O)c2cnn(CC(F)F)c2)C1. The maximum Gasteiger partial charge on any atom is 0.257 e. The van der Waals surface area contributed by atoms with Gasteiger partial charge in [-0.25, -0.2) is 17.2 Å². The van der Waals surface area contributed by atoms with Crippen LogP contribution < -0.4 is 11.1 Å². The second-order valence-corrected chi connectivity index (χ2v) is 7.51. The monoisotopic (exact) mass is 365 g/mol. The predicted molar refractivity (Wildman–Crippen MR) is 81.8 cm³/mol. The molecule has 0 radical (unpaired) electrons. The summed E-state index contributed by atoms with van der Waals surface area (Å²) in [6.07, 6.45) is 0.652. The van der Waals surface area contributed by atoms with Gasteiger partial charge in [0.1, 0.15) is 11.4 Å². The lowest BCUT2D eigenvalue weighted by Gasteiger charge is -2.30. The van der Waals surface area contributed by atoms with E-state index >= 15 is 0 Å². The van der Waals surface area contributed by atoms with Crippen molar-refractivity contribution in [2.24, 2.45) is 11.7 Å². The van der Waals surface area contributed by atoms with E-state index in [1.165, 1.54) is 4.31 Å². The third-order valence-electron chi connectivity index (χ3n) is 3.77. The molecular weight excluding hydrogens is 344 g/mol. The number of carbonyl (C=O) groups excluding carboxylic acids is 1. The van der Waals surface area contributed by atoms with Gasteiger partial charge in [0.2, 0.25) is 15.9 Å². The molecule has 2 rings (SSSR count). The van der Waals surface area contributed by atoms with Crippen molar-refractivity contribution in [2.75, 3.05) is 26.2 Å². The molecule has 1 aliphatic rings. The van der Waals surface area contributed by atoms with Crippen LogP contribution in [0.3, 0.4) is 0 Å². The van der Waals surface area contributed by atoms with E-state index in [1.807, 2.05) is 0 Å². The van der Waals surface area contributed by atoms with Gasteiger partial charge in [-0.15, -0.1) is 0 Å². The Bertz CT molecular complexity index is 664. The van der Waals surface area contributed by atoms with Gasteiger partial charge in [0.25, 0.3) is 6.43 Å². The number of hydrogen-bond acceptors (Lipinski definition) is 5. The summed E-state index contributed by atoms with van der Waals surface area (Å²) in [6.45, 7) is 0.313. The van der Waals surface area contributed by atoms with E-state index in [4.69, 9.17) is 5.73 Å². The molecule has 1 saturated heterocycles. The number of aromatic nitrogens is 2. The number of nitrogens with zero attached hydrogens (tertiary/aromatic N) is 3. The van der Waals surface area contributed by atoms with Gasteiger partial charge in [0, 0.05) is 32.4 Å². The molecule has 0 aromatic carbocycles. The summed E-state index contributed by atoms with van der Waals surface area (Å²) in [5.41, 5.74) is 5.33. The molecule has 1 aromatic heterocycles. The van der Waals surface area contributed by atoms with Gasteiger partial charge in [0.15, 0.2) is 0 Å². The van der Waals surface area contributed by atoms with Crippen molar-refractivity contribution in [2.45, 2.75) is 30.7 Å². The van der Waals surface area contributed by atoms with Crippen molar-refractivity contribution >= 4 is 15.9 Å². The van der Waals surface area contributed by atoms with Crippen molar-refractivity contribution in [3.8, 4) is 0 Å². The van der Waals surface area contributed by atoms with E-state index in [9.17, 15) is 22.0 Å². The number of nitrogens with one attached hydrogen (secondary N) is 1. The molecule has 0 bridgehead atoms. The number of nitrogens with two attached hydrogens (primary N) is 1. The van der Waals surface area contributed by atoms with Gasteiger partial charge < -0.3 is 11.1 Å². The lowest BCUT2D eigenvalue weighted by atomic mass is 9.99. The predicted octanol–water partition coefficient (Wildman–Crippen LogP) is -0.376. The van der Waals surface area contributed by atoms with Crippen LogP contribution >= 0.6 is 0 Å². The Hall–Kier alpha value is -1.59. The topological polar surface area (TPSA) is 110 Å². The van der Waals surface area contributed by atoms with Crippen LogP contribution in [-0.2, 0) is 21.4 Å². The molecule has 0 aliphatic carbocycles. The maximum absolute atomic E-state index is 12.6. The van der Waals surface area contributed by atoms with Crippen LogP contribution in [-0.4, -0.2) is 61.0 Å². The van der Waals surface area contributed by atoms with Crippen LogP contribution in [0.1, 0.15) is 12.8 Å². The van der Waals surface area contributed by atoms with Crippen LogP contribution in [0.25, 0.3) is 0 Å². The fourth-order valence-corrected chi connectivity index (χ4v) is 4.06. The summed E-state index contributed by atoms with van der Waals surface area (Å²) in [5, 5.41) is 6.30. The summed E-state index contributed by atoms with van der Waals surface area (Å²) in [6, 6.07) is 0. The van der Waals surface area contributed by atoms with Gasteiger partial charge in [-0.3, -0.25) is 9.48 Å². The third-order valence-corrected chi connectivity index (χ3v) is 5.59. The molecule has 24 heavy (non-hydrogen) atoms. The first-order valence-corrected chi connectivity index (χ1v) is 9.07. The molecule has 8 nitrogen and oxygen atoms in total. The smallest absolute Gasteiger partial charge is 0.257 e. The highest BCUT2D eigenvalue weighted by molar-refractivity contribution is 7.89. The third kappa shape index (κ3) is 4.48. The van der Waals surface area contributed by atoms with Gasteiger partial charge in [0.05, 0.1) is 12.1 Å².